The van der Waals surface area contributed by atoms with Crippen LogP contribution in [0.4, 0.5) is 0 Å². The van der Waals surface area contributed by atoms with Crippen LogP contribution in [0, 0.1) is 0 Å². The number of nitrogens with zero attached hydrogens (tertiary/aromatic N) is 1. The summed E-state index contributed by atoms with van der Waals surface area (Å²) in [5.41, 5.74) is 1.31. The van der Waals surface area contributed by atoms with E-state index in [0.29, 0.717) is 6.04 Å². The lowest BCUT2D eigenvalue weighted by Crippen LogP contribution is -2.43. The molecule has 0 radical (unpaired) electrons. The normalized spacial score (nSPS) is 18.9. The Morgan fingerprint density at radius 2 is 2.37 bits per heavy atom. The SMILES string of the molecule is CCNC(Cc1nccs1)C1Cc2ccccc2O1. The lowest BCUT2D eigenvalue weighted by atomic mass is 10.0. The largest absolute Gasteiger partial charge is 0.488 e. The minimum atomic E-state index is 0.209. The lowest BCUT2D eigenvalue weighted by Gasteiger charge is -2.23. The molecule has 0 spiro atoms. The van der Waals surface area contributed by atoms with Crippen LogP contribution in [-0.2, 0) is 12.8 Å². The Hall–Kier alpha value is -1.39. The maximum Gasteiger partial charge on any atom is 0.123 e. The van der Waals surface area contributed by atoms with Crippen LogP contribution in [-0.4, -0.2) is 23.7 Å². The zero-order chi connectivity index (χ0) is 13.1. The maximum atomic E-state index is 6.08. The summed E-state index contributed by atoms with van der Waals surface area (Å²) in [7, 11) is 0. The summed E-state index contributed by atoms with van der Waals surface area (Å²) in [6.45, 7) is 3.09. The summed E-state index contributed by atoms with van der Waals surface area (Å²) >= 11 is 1.71. The van der Waals surface area contributed by atoms with E-state index in [4.69, 9.17) is 4.74 Å². The molecule has 2 heterocycles. The molecule has 19 heavy (non-hydrogen) atoms. The minimum absolute atomic E-state index is 0.209. The molecule has 0 saturated heterocycles. The number of aromatic nitrogens is 1. The second kappa shape index (κ2) is 5.72. The third-order valence-corrected chi connectivity index (χ3v) is 4.27. The number of ether oxygens (including phenoxy) is 1. The van der Waals surface area contributed by atoms with E-state index in [1.54, 1.807) is 11.3 Å². The topological polar surface area (TPSA) is 34.2 Å². The fourth-order valence-corrected chi connectivity index (χ4v) is 3.25. The van der Waals surface area contributed by atoms with E-state index in [1.807, 2.05) is 17.6 Å². The highest BCUT2D eigenvalue weighted by molar-refractivity contribution is 7.09. The van der Waals surface area contributed by atoms with E-state index in [2.05, 4.69) is 35.4 Å². The van der Waals surface area contributed by atoms with Crippen LogP contribution < -0.4 is 10.1 Å². The number of benzene rings is 1. The highest BCUT2D eigenvalue weighted by atomic mass is 32.1. The molecule has 1 aliphatic rings. The molecule has 1 aromatic heterocycles. The van der Waals surface area contributed by atoms with E-state index >= 15 is 0 Å². The second-order valence-electron chi connectivity index (χ2n) is 4.76. The fraction of sp³-hybridized carbons (Fsp3) is 0.400. The number of thiazole rings is 1. The number of likely N-dealkylation sites (N-methyl/N-ethyl adjacent to an activating group) is 1. The van der Waals surface area contributed by atoms with Crippen LogP contribution >= 0.6 is 11.3 Å². The van der Waals surface area contributed by atoms with E-state index < -0.39 is 0 Å². The molecule has 2 atom stereocenters. The van der Waals surface area contributed by atoms with Crippen LogP contribution in [0.2, 0.25) is 0 Å². The lowest BCUT2D eigenvalue weighted by molar-refractivity contribution is 0.178. The van der Waals surface area contributed by atoms with E-state index in [9.17, 15) is 0 Å². The minimum Gasteiger partial charge on any atom is -0.488 e. The van der Waals surface area contributed by atoms with Gasteiger partial charge in [-0.25, -0.2) is 4.98 Å². The molecule has 1 aromatic carbocycles. The third kappa shape index (κ3) is 2.80. The first kappa shape index (κ1) is 12.6. The van der Waals surface area contributed by atoms with Crippen LogP contribution in [0.25, 0.3) is 0 Å². The van der Waals surface area contributed by atoms with Crippen molar-refractivity contribution < 1.29 is 4.74 Å². The van der Waals surface area contributed by atoms with Crippen molar-refractivity contribution in [3.05, 3.63) is 46.4 Å². The van der Waals surface area contributed by atoms with E-state index in [1.165, 1.54) is 10.6 Å². The molecule has 0 saturated carbocycles. The van der Waals surface area contributed by atoms with Gasteiger partial charge in [-0.15, -0.1) is 11.3 Å². The van der Waals surface area contributed by atoms with Crippen molar-refractivity contribution in [3.8, 4) is 5.75 Å². The number of hydrogen-bond acceptors (Lipinski definition) is 4. The summed E-state index contributed by atoms with van der Waals surface area (Å²) in [6.07, 6.45) is 4.00. The van der Waals surface area contributed by atoms with Crippen molar-refractivity contribution >= 4 is 11.3 Å². The standard InChI is InChI=1S/C15H18N2OS/c1-2-16-12(10-15-17-7-8-19-15)14-9-11-5-3-4-6-13(11)18-14/h3-8,12,14,16H,2,9-10H2,1H3. The third-order valence-electron chi connectivity index (χ3n) is 3.47. The molecule has 2 aromatic rings. The molecule has 0 aliphatic carbocycles. The van der Waals surface area contributed by atoms with Gasteiger partial charge in [-0.2, -0.15) is 0 Å². The molecule has 4 heteroatoms. The molecule has 0 amide bonds. The highest BCUT2D eigenvalue weighted by Gasteiger charge is 2.30. The van der Waals surface area contributed by atoms with Crippen molar-refractivity contribution in [2.24, 2.45) is 0 Å². The predicted octanol–water partition coefficient (Wildman–Crippen LogP) is 2.67. The summed E-state index contributed by atoms with van der Waals surface area (Å²) in [4.78, 5) is 4.38. The van der Waals surface area contributed by atoms with Gasteiger partial charge in [0.15, 0.2) is 0 Å². The molecular weight excluding hydrogens is 256 g/mol. The van der Waals surface area contributed by atoms with Crippen LogP contribution in [0.15, 0.2) is 35.8 Å². The molecule has 100 valence electrons. The van der Waals surface area contributed by atoms with Crippen molar-refractivity contribution in [1.29, 1.82) is 0 Å². The molecular formula is C15H18N2OS. The van der Waals surface area contributed by atoms with E-state index in [-0.39, 0.29) is 6.10 Å². The van der Waals surface area contributed by atoms with Crippen molar-refractivity contribution in [2.75, 3.05) is 6.54 Å². The van der Waals surface area contributed by atoms with Gasteiger partial charge in [-0.05, 0) is 18.2 Å². The Morgan fingerprint density at radius 3 is 3.11 bits per heavy atom. The molecule has 3 nitrogen and oxygen atoms in total. The first-order valence-corrected chi connectivity index (χ1v) is 7.61. The number of rotatable bonds is 5. The summed E-state index contributed by atoms with van der Waals surface area (Å²) in [5.74, 6) is 1.04. The monoisotopic (exact) mass is 274 g/mol. The second-order valence-corrected chi connectivity index (χ2v) is 5.74. The van der Waals surface area contributed by atoms with Gasteiger partial charge in [0.05, 0.1) is 11.0 Å². The average molecular weight is 274 g/mol. The Kier molecular flexibility index (Phi) is 3.80. The summed E-state index contributed by atoms with van der Waals surface area (Å²) < 4.78 is 6.08. The van der Waals surface area contributed by atoms with Gasteiger partial charge in [0.2, 0.25) is 0 Å². The molecule has 0 bridgehead atoms. The van der Waals surface area contributed by atoms with E-state index in [0.717, 1.165) is 25.1 Å². The van der Waals surface area contributed by atoms with Crippen molar-refractivity contribution in [2.45, 2.75) is 31.9 Å². The number of nitrogens with one attached hydrogen (secondary N) is 1. The summed E-state index contributed by atoms with van der Waals surface area (Å²) in [5, 5.41) is 6.74. The van der Waals surface area contributed by atoms with Gasteiger partial charge < -0.3 is 10.1 Å². The Morgan fingerprint density at radius 1 is 1.47 bits per heavy atom. The van der Waals surface area contributed by atoms with Gasteiger partial charge in [-0.3, -0.25) is 0 Å². The fourth-order valence-electron chi connectivity index (χ4n) is 2.57. The molecule has 1 N–H and O–H groups in total. The maximum absolute atomic E-state index is 6.08. The van der Waals surface area contributed by atoms with Crippen LogP contribution in [0.1, 0.15) is 17.5 Å². The zero-order valence-corrected chi connectivity index (χ0v) is 11.8. The van der Waals surface area contributed by atoms with Gasteiger partial charge >= 0.3 is 0 Å². The zero-order valence-electron chi connectivity index (χ0n) is 11.0. The van der Waals surface area contributed by atoms with Crippen LogP contribution in [0.3, 0.4) is 0 Å². The number of hydrogen-bond donors (Lipinski definition) is 1. The van der Waals surface area contributed by atoms with Crippen molar-refractivity contribution in [3.63, 3.8) is 0 Å². The number of para-hydroxylation sites is 1. The van der Waals surface area contributed by atoms with Gasteiger partial charge in [0.1, 0.15) is 11.9 Å². The predicted molar refractivity (Wildman–Crippen MR) is 77.8 cm³/mol. The number of fused-ring (bicyclic) bond motifs is 1. The Bertz CT molecular complexity index is 502. The van der Waals surface area contributed by atoms with Gasteiger partial charge in [0, 0.05) is 24.4 Å². The van der Waals surface area contributed by atoms with Gasteiger partial charge in [-0.1, -0.05) is 25.1 Å². The van der Waals surface area contributed by atoms with Crippen molar-refractivity contribution in [1.82, 2.24) is 10.3 Å². The smallest absolute Gasteiger partial charge is 0.123 e. The Balaban J connectivity index is 1.72. The van der Waals surface area contributed by atoms with Crippen LogP contribution in [0.5, 0.6) is 5.75 Å². The quantitative estimate of drug-likeness (QED) is 0.910. The van der Waals surface area contributed by atoms with Gasteiger partial charge in [0.25, 0.3) is 0 Å². The highest BCUT2D eigenvalue weighted by Crippen LogP contribution is 2.30. The molecule has 3 rings (SSSR count). The summed E-state index contributed by atoms with van der Waals surface area (Å²) in [6, 6.07) is 8.64. The molecule has 2 unspecified atom stereocenters. The molecule has 1 aliphatic heterocycles. The molecule has 0 fully saturated rings. The Labute approximate surface area is 117 Å². The first-order chi connectivity index (χ1) is 9.36. The first-order valence-electron chi connectivity index (χ1n) is 6.73. The average Bonchev–Trinajstić information content (AvgIpc) is 3.06.